The normalized spacial score (nSPS) is 13.9. The Balaban J connectivity index is 0.724. The second kappa shape index (κ2) is 22.0. The highest BCUT2D eigenvalue weighted by Crippen LogP contribution is 2.53. The highest BCUT2D eigenvalue weighted by atomic mass is 15.6. The summed E-state index contributed by atoms with van der Waals surface area (Å²) < 4.78 is 4.03. The number of unbranched alkanes of at least 4 members (excludes halogenated alkanes) is 1. The molecule has 12 aromatic rings. The van der Waals surface area contributed by atoms with Crippen molar-refractivity contribution in [2.75, 3.05) is 0 Å². The maximum absolute atomic E-state index is 4.86. The molecule has 0 saturated carbocycles. The minimum Gasteiger partial charge on any atom is -0.344 e. The second-order valence-corrected chi connectivity index (χ2v) is 21.5. The Morgan fingerprint density at radius 2 is 0.663 bits per heavy atom. The van der Waals surface area contributed by atoms with E-state index in [-0.39, 0.29) is 0 Å². The van der Waals surface area contributed by atoms with Gasteiger partial charge in [0.25, 0.3) is 0 Å². The van der Waals surface area contributed by atoms with Gasteiger partial charge in [0.2, 0.25) is 0 Å². The summed E-state index contributed by atoms with van der Waals surface area (Å²) >= 11 is 0. The molecule has 0 radical (unpaired) electrons. The molecule has 1 fully saturated rings. The van der Waals surface area contributed by atoms with Gasteiger partial charge in [-0.3, -0.25) is 0 Å². The first-order valence-corrected chi connectivity index (χ1v) is 28.7. The summed E-state index contributed by atoms with van der Waals surface area (Å²) in [7, 11) is 0. The topological polar surface area (TPSA) is 93.4 Å². The molecule has 10 nitrogen and oxygen atoms in total. The van der Waals surface area contributed by atoms with Gasteiger partial charge in [-0.1, -0.05) is 292 Å². The van der Waals surface area contributed by atoms with Gasteiger partial charge in [0, 0.05) is 29.9 Å². The van der Waals surface area contributed by atoms with Crippen LogP contribution in [0.5, 0.6) is 0 Å². The number of aromatic nitrogens is 8. The number of benzene rings is 10. The van der Waals surface area contributed by atoms with Crippen molar-refractivity contribution in [2.24, 2.45) is 0 Å². The molecule has 83 heavy (non-hydrogen) atoms. The summed E-state index contributed by atoms with van der Waals surface area (Å²) in [5.74, 6) is 1.36. The van der Waals surface area contributed by atoms with Gasteiger partial charge in [0.15, 0.2) is 11.6 Å². The Morgan fingerprint density at radius 3 is 1.00 bits per heavy atom. The van der Waals surface area contributed by atoms with Crippen LogP contribution in [0.3, 0.4) is 0 Å². The van der Waals surface area contributed by atoms with Crippen LogP contribution in [0, 0.1) is 0 Å². The van der Waals surface area contributed by atoms with Crippen LogP contribution in [0.15, 0.2) is 290 Å². The zero-order valence-corrected chi connectivity index (χ0v) is 46.1. The lowest BCUT2D eigenvalue weighted by Gasteiger charge is -2.36. The van der Waals surface area contributed by atoms with Crippen molar-refractivity contribution in [1.82, 2.24) is 50.2 Å². The lowest BCUT2D eigenvalue weighted by Crippen LogP contribution is -2.39. The third-order valence-corrected chi connectivity index (χ3v) is 16.8. The molecular weight excluding hydrogens is 1020 g/mol. The lowest BCUT2D eigenvalue weighted by atomic mass is 9.77. The maximum Gasteiger partial charge on any atom is 0.184 e. The van der Waals surface area contributed by atoms with Crippen molar-refractivity contribution in [3.05, 3.63) is 335 Å². The maximum atomic E-state index is 4.86. The zero-order valence-electron chi connectivity index (χ0n) is 46.1. The number of hydrogen-bond donors (Lipinski definition) is 0. The van der Waals surface area contributed by atoms with E-state index in [2.05, 4.69) is 306 Å². The molecule has 0 spiro atoms. The lowest BCUT2D eigenvalue weighted by molar-refractivity contribution is 0.246. The van der Waals surface area contributed by atoms with Crippen molar-refractivity contribution in [1.29, 1.82) is 0 Å². The van der Waals surface area contributed by atoms with Crippen LogP contribution < -0.4 is 0 Å². The molecule has 4 heterocycles. The van der Waals surface area contributed by atoms with Gasteiger partial charge in [-0.15, -0.1) is 10.2 Å². The first-order valence-electron chi connectivity index (χ1n) is 28.7. The quantitative estimate of drug-likeness (QED) is 0.0584. The van der Waals surface area contributed by atoms with Crippen LogP contribution in [0.4, 0.5) is 0 Å². The van der Waals surface area contributed by atoms with E-state index in [1.807, 2.05) is 9.36 Å². The molecule has 0 amide bonds. The van der Waals surface area contributed by atoms with E-state index in [9.17, 15) is 0 Å². The fraction of sp³-hybridized carbons (Fsp3) is 0.123. The SMILES string of the molecule is CCCCC1=C2[C@@H](N1Cc1ccc(-c3ccccc3-c3nnnn3C(c3ccccc3)(c3ccccc3)c3ccccc3)cc1)N2Cc1ccc(-c2ccccc2-c2nnnn2C(c2ccccc2)(c2ccccc2)c2ccccc2)cc1. The molecule has 2 aromatic heterocycles. The van der Waals surface area contributed by atoms with Gasteiger partial charge in [-0.25, -0.2) is 9.36 Å². The smallest absolute Gasteiger partial charge is 0.184 e. The van der Waals surface area contributed by atoms with E-state index >= 15 is 0 Å². The fourth-order valence-electron chi connectivity index (χ4n) is 12.9. The van der Waals surface area contributed by atoms with E-state index in [1.54, 1.807) is 0 Å². The van der Waals surface area contributed by atoms with Gasteiger partial charge in [0.05, 0.1) is 5.70 Å². The average molecular weight is 1080 g/mol. The van der Waals surface area contributed by atoms with Gasteiger partial charge in [-0.2, -0.15) is 0 Å². The first-order chi connectivity index (χ1) is 41.2. The highest BCUT2D eigenvalue weighted by Gasteiger charge is 2.56. The molecule has 0 N–H and O–H groups in total. The molecule has 0 bridgehead atoms. The molecule has 0 unspecified atom stereocenters. The minimum absolute atomic E-state index is 0.304. The Labute approximate surface area is 484 Å². The average Bonchev–Trinajstić information content (AvgIpc) is 1.99. The number of nitrogens with zero attached hydrogens (tertiary/aromatic N) is 10. The van der Waals surface area contributed by atoms with Gasteiger partial charge in [0.1, 0.15) is 17.2 Å². The third-order valence-electron chi connectivity index (χ3n) is 16.8. The summed E-state index contributed by atoms with van der Waals surface area (Å²) in [5.41, 5.74) is 16.4. The number of allylic oxidation sites excluding steroid dienone is 1. The Hall–Kier alpha value is -10.3. The van der Waals surface area contributed by atoms with Crippen LogP contribution in [-0.2, 0) is 24.2 Å². The molecule has 1 saturated heterocycles. The molecule has 10 aromatic carbocycles. The third kappa shape index (κ3) is 8.91. The minimum atomic E-state index is -0.863. The number of rotatable bonds is 19. The summed E-state index contributed by atoms with van der Waals surface area (Å²) in [4.78, 5) is 5.20. The van der Waals surface area contributed by atoms with Crippen LogP contribution in [-0.4, -0.2) is 56.4 Å². The van der Waals surface area contributed by atoms with E-state index in [0.29, 0.717) is 17.8 Å². The summed E-state index contributed by atoms with van der Waals surface area (Å²) in [6.45, 7) is 3.96. The van der Waals surface area contributed by atoms with Gasteiger partial charge in [-0.05, 0) is 100 Å². The monoisotopic (exact) mass is 1080 g/mol. The summed E-state index contributed by atoms with van der Waals surface area (Å²) in [5, 5.41) is 28.2. The van der Waals surface area contributed by atoms with E-state index in [0.717, 1.165) is 99.1 Å². The van der Waals surface area contributed by atoms with E-state index in [1.165, 1.54) is 22.5 Å². The van der Waals surface area contributed by atoms with E-state index in [4.69, 9.17) is 20.6 Å². The van der Waals surface area contributed by atoms with Crippen LogP contribution in [0.1, 0.15) is 70.7 Å². The molecule has 14 rings (SSSR count). The van der Waals surface area contributed by atoms with Crippen LogP contribution in [0.2, 0.25) is 0 Å². The fourth-order valence-corrected chi connectivity index (χ4v) is 12.9. The molecular formula is C73H60N10. The van der Waals surface area contributed by atoms with E-state index < -0.39 is 11.1 Å². The largest absolute Gasteiger partial charge is 0.344 e. The molecule has 2 aliphatic heterocycles. The zero-order chi connectivity index (χ0) is 55.6. The Kier molecular flexibility index (Phi) is 13.5. The Bertz CT molecular complexity index is 3990. The molecule has 402 valence electrons. The van der Waals surface area contributed by atoms with Crippen molar-refractivity contribution in [2.45, 2.75) is 56.5 Å². The van der Waals surface area contributed by atoms with Gasteiger partial charge < -0.3 is 9.80 Å². The van der Waals surface area contributed by atoms with Gasteiger partial charge >= 0.3 is 0 Å². The van der Waals surface area contributed by atoms with Crippen molar-refractivity contribution in [3.63, 3.8) is 0 Å². The number of tetrazole rings is 2. The molecule has 1 atom stereocenters. The van der Waals surface area contributed by atoms with Crippen LogP contribution >= 0.6 is 0 Å². The standard InChI is InChI=1S/C73H60N10/c1-2-3-42-67-68-71(80(67)51-53-43-47-55(48-44-53)63-38-22-24-40-65(63)69-74-76-78-82(69)72(57-26-10-4-11-27-57,58-28-12-5-13-29-58)59-30-14-6-15-31-59)81(68)52-54-45-49-56(50-46-54)64-39-23-25-41-66(64)70-75-77-79-83(70)73(60-32-16-7-17-33-60,61-34-18-8-19-35-61)62-36-20-9-21-37-62/h4-41,43-50,71H,2-3,42,51-52H2,1H3/t71-,81?/m0/s1. The van der Waals surface area contributed by atoms with Crippen molar-refractivity contribution >= 4 is 0 Å². The van der Waals surface area contributed by atoms with Crippen molar-refractivity contribution in [3.8, 4) is 45.0 Å². The molecule has 0 aliphatic carbocycles. The molecule has 2 aliphatic rings. The second-order valence-electron chi connectivity index (χ2n) is 21.5. The van der Waals surface area contributed by atoms with Crippen LogP contribution in [0.25, 0.3) is 45.0 Å². The first kappa shape index (κ1) is 50.9. The Morgan fingerprint density at radius 1 is 0.349 bits per heavy atom. The number of hydrogen-bond acceptors (Lipinski definition) is 8. The summed E-state index contributed by atoms with van der Waals surface area (Å²) in [6.07, 6.45) is 3.69. The predicted molar refractivity (Wildman–Crippen MR) is 328 cm³/mol. The predicted octanol–water partition coefficient (Wildman–Crippen LogP) is 15.1. The summed E-state index contributed by atoms with van der Waals surface area (Å²) in [6, 6.07) is 98.5. The van der Waals surface area contributed by atoms with Crippen molar-refractivity contribution < 1.29 is 0 Å². The number of fused-ring (bicyclic) bond motifs is 1. The molecule has 10 heteroatoms. The highest BCUT2D eigenvalue weighted by molar-refractivity contribution is 5.82.